The third kappa shape index (κ3) is 3.58. The first-order chi connectivity index (χ1) is 11.5. The van der Waals surface area contributed by atoms with Crippen molar-refractivity contribution >= 4 is 29.4 Å². The number of carbonyl (C=O) groups is 2. The van der Waals surface area contributed by atoms with Crippen LogP contribution in [-0.2, 0) is 4.79 Å². The van der Waals surface area contributed by atoms with Crippen LogP contribution in [-0.4, -0.2) is 30.1 Å². The second-order valence-corrected chi connectivity index (χ2v) is 5.62. The topological polar surface area (TPSA) is 72.8 Å². The molecule has 1 N–H and O–H groups in total. The standard InChI is InChI=1S/C18H13ClO5/c19-13-3-6-16-15(8-13)18(22)12(9-24-16)7-11-1-4-14(5-2-11)23-10-17(20)21/h1-8H,9-10H2,(H,20,21). The van der Waals surface area contributed by atoms with Crippen LogP contribution in [0.15, 0.2) is 48.0 Å². The number of fused-ring (bicyclic) bond motifs is 1. The third-order valence-electron chi connectivity index (χ3n) is 3.44. The zero-order chi connectivity index (χ0) is 17.1. The highest BCUT2D eigenvalue weighted by atomic mass is 35.5. The Balaban J connectivity index is 1.79. The molecule has 6 heteroatoms. The molecule has 3 rings (SSSR count). The smallest absolute Gasteiger partial charge is 0.341 e. The highest BCUT2D eigenvalue weighted by molar-refractivity contribution is 6.31. The highest BCUT2D eigenvalue weighted by Gasteiger charge is 2.23. The van der Waals surface area contributed by atoms with E-state index in [1.807, 2.05) is 0 Å². The number of carbonyl (C=O) groups excluding carboxylic acids is 1. The van der Waals surface area contributed by atoms with Gasteiger partial charge in [0, 0.05) is 10.6 Å². The van der Waals surface area contributed by atoms with Crippen molar-refractivity contribution in [3.8, 4) is 11.5 Å². The van der Waals surface area contributed by atoms with E-state index in [-0.39, 0.29) is 12.4 Å². The van der Waals surface area contributed by atoms with Gasteiger partial charge < -0.3 is 14.6 Å². The average molecular weight is 345 g/mol. The van der Waals surface area contributed by atoms with E-state index in [9.17, 15) is 9.59 Å². The van der Waals surface area contributed by atoms with Crippen LogP contribution in [0.2, 0.25) is 5.02 Å². The summed E-state index contributed by atoms with van der Waals surface area (Å²) in [6.07, 6.45) is 1.73. The maximum atomic E-state index is 12.5. The van der Waals surface area contributed by atoms with Crippen molar-refractivity contribution < 1.29 is 24.2 Å². The number of carboxylic acid groups (broad SMARTS) is 1. The van der Waals surface area contributed by atoms with E-state index in [2.05, 4.69) is 0 Å². The Hall–Kier alpha value is -2.79. The Morgan fingerprint density at radius 1 is 1.25 bits per heavy atom. The van der Waals surface area contributed by atoms with Gasteiger partial charge in [0.25, 0.3) is 0 Å². The van der Waals surface area contributed by atoms with E-state index in [1.165, 1.54) is 0 Å². The molecule has 0 aromatic heterocycles. The summed E-state index contributed by atoms with van der Waals surface area (Å²) in [5.41, 5.74) is 1.75. The molecule has 0 aliphatic carbocycles. The molecule has 1 heterocycles. The summed E-state index contributed by atoms with van der Waals surface area (Å²) in [6.45, 7) is -0.213. The van der Waals surface area contributed by atoms with Gasteiger partial charge in [0.05, 0.1) is 5.56 Å². The number of Topliss-reactive ketones (excluding diaryl/α,β-unsaturated/α-hetero) is 1. The van der Waals surface area contributed by atoms with Gasteiger partial charge in [-0.3, -0.25) is 4.79 Å². The zero-order valence-electron chi connectivity index (χ0n) is 12.5. The molecule has 0 amide bonds. The maximum absolute atomic E-state index is 12.5. The number of carboxylic acids is 1. The lowest BCUT2D eigenvalue weighted by atomic mass is 9.98. The lowest BCUT2D eigenvalue weighted by Crippen LogP contribution is -2.18. The molecule has 2 aromatic carbocycles. The van der Waals surface area contributed by atoms with Crippen molar-refractivity contribution in [2.24, 2.45) is 0 Å². The van der Waals surface area contributed by atoms with Crippen molar-refractivity contribution in [2.75, 3.05) is 13.2 Å². The summed E-state index contributed by atoms with van der Waals surface area (Å²) in [6, 6.07) is 11.7. The van der Waals surface area contributed by atoms with Crippen LogP contribution in [0.1, 0.15) is 15.9 Å². The van der Waals surface area contributed by atoms with Crippen LogP contribution in [0, 0.1) is 0 Å². The van der Waals surface area contributed by atoms with Gasteiger partial charge in [0.2, 0.25) is 0 Å². The van der Waals surface area contributed by atoms with Gasteiger partial charge in [0.15, 0.2) is 12.4 Å². The fourth-order valence-corrected chi connectivity index (χ4v) is 2.49. The molecule has 24 heavy (non-hydrogen) atoms. The fraction of sp³-hybridized carbons (Fsp3) is 0.111. The summed E-state index contributed by atoms with van der Waals surface area (Å²) in [7, 11) is 0. The van der Waals surface area contributed by atoms with Crippen LogP contribution in [0.5, 0.6) is 11.5 Å². The molecule has 0 radical (unpaired) electrons. The van der Waals surface area contributed by atoms with Gasteiger partial charge in [0.1, 0.15) is 18.1 Å². The Labute approximate surface area is 143 Å². The molecule has 122 valence electrons. The number of ketones is 1. The summed E-state index contributed by atoms with van der Waals surface area (Å²) >= 11 is 5.94. The second-order valence-electron chi connectivity index (χ2n) is 5.18. The Morgan fingerprint density at radius 3 is 2.71 bits per heavy atom. The summed E-state index contributed by atoms with van der Waals surface area (Å²) in [5, 5.41) is 9.06. The van der Waals surface area contributed by atoms with Gasteiger partial charge in [-0.15, -0.1) is 0 Å². The predicted molar refractivity (Wildman–Crippen MR) is 88.8 cm³/mol. The predicted octanol–water partition coefficient (Wildman–Crippen LogP) is 3.46. The first-order valence-corrected chi connectivity index (χ1v) is 7.53. The van der Waals surface area contributed by atoms with Gasteiger partial charge in [-0.2, -0.15) is 0 Å². The van der Waals surface area contributed by atoms with Crippen LogP contribution in [0.4, 0.5) is 0 Å². The molecular formula is C18H13ClO5. The lowest BCUT2D eigenvalue weighted by Gasteiger charge is -2.19. The van der Waals surface area contributed by atoms with Crippen molar-refractivity contribution in [1.82, 2.24) is 0 Å². The maximum Gasteiger partial charge on any atom is 0.341 e. The molecule has 1 aliphatic rings. The SMILES string of the molecule is O=C(O)COc1ccc(C=C2COc3ccc(Cl)cc3C2=O)cc1. The second kappa shape index (κ2) is 6.76. The summed E-state index contributed by atoms with van der Waals surface area (Å²) in [5.74, 6) is -0.185. The molecule has 0 unspecified atom stereocenters. The molecule has 0 saturated carbocycles. The molecule has 0 fully saturated rings. The van der Waals surface area contributed by atoms with E-state index >= 15 is 0 Å². The number of benzene rings is 2. The first-order valence-electron chi connectivity index (χ1n) is 7.15. The third-order valence-corrected chi connectivity index (χ3v) is 3.68. The van der Waals surface area contributed by atoms with Crippen LogP contribution in [0.25, 0.3) is 6.08 Å². The fourth-order valence-electron chi connectivity index (χ4n) is 2.31. The van der Waals surface area contributed by atoms with E-state index < -0.39 is 12.6 Å². The minimum absolute atomic E-state index is 0.120. The van der Waals surface area contributed by atoms with E-state index in [0.29, 0.717) is 27.7 Å². The molecule has 5 nitrogen and oxygen atoms in total. The quantitative estimate of drug-likeness (QED) is 0.860. The number of hydrogen-bond acceptors (Lipinski definition) is 4. The van der Waals surface area contributed by atoms with Crippen molar-refractivity contribution in [1.29, 1.82) is 0 Å². The van der Waals surface area contributed by atoms with Crippen LogP contribution < -0.4 is 9.47 Å². The first kappa shape index (κ1) is 16.1. The molecule has 2 aromatic rings. The average Bonchev–Trinajstić information content (AvgIpc) is 2.57. The molecule has 0 spiro atoms. The minimum Gasteiger partial charge on any atom is -0.488 e. The van der Waals surface area contributed by atoms with Crippen LogP contribution in [0.3, 0.4) is 0 Å². The van der Waals surface area contributed by atoms with Crippen molar-refractivity contribution in [2.45, 2.75) is 0 Å². The highest BCUT2D eigenvalue weighted by Crippen LogP contribution is 2.30. The molecule has 0 saturated heterocycles. The van der Waals surface area contributed by atoms with Gasteiger partial charge in [-0.1, -0.05) is 23.7 Å². The largest absolute Gasteiger partial charge is 0.488 e. The number of aliphatic carboxylic acids is 1. The van der Waals surface area contributed by atoms with Crippen molar-refractivity contribution in [3.05, 3.63) is 64.2 Å². The van der Waals surface area contributed by atoms with E-state index in [4.69, 9.17) is 26.2 Å². The van der Waals surface area contributed by atoms with Gasteiger partial charge in [-0.25, -0.2) is 4.79 Å². The molecule has 0 atom stereocenters. The monoisotopic (exact) mass is 344 g/mol. The lowest BCUT2D eigenvalue weighted by molar-refractivity contribution is -0.139. The molecular weight excluding hydrogens is 332 g/mol. The number of halogens is 1. The number of rotatable bonds is 4. The number of ether oxygens (including phenoxy) is 2. The van der Waals surface area contributed by atoms with Gasteiger partial charge >= 0.3 is 5.97 Å². The zero-order valence-corrected chi connectivity index (χ0v) is 13.2. The summed E-state index contributed by atoms with van der Waals surface area (Å²) in [4.78, 5) is 23.0. The number of hydrogen-bond donors (Lipinski definition) is 1. The Kier molecular flexibility index (Phi) is 4.53. The summed E-state index contributed by atoms with van der Waals surface area (Å²) < 4.78 is 10.7. The molecule has 1 aliphatic heterocycles. The normalized spacial score (nSPS) is 14.9. The minimum atomic E-state index is -1.04. The van der Waals surface area contributed by atoms with Gasteiger partial charge in [-0.05, 0) is 42.0 Å². The van der Waals surface area contributed by atoms with E-state index in [1.54, 1.807) is 48.5 Å². The van der Waals surface area contributed by atoms with Crippen molar-refractivity contribution in [3.63, 3.8) is 0 Å². The Morgan fingerprint density at radius 2 is 2.00 bits per heavy atom. The van der Waals surface area contributed by atoms with Crippen LogP contribution >= 0.6 is 11.6 Å². The Bertz CT molecular complexity index is 824. The van der Waals surface area contributed by atoms with E-state index in [0.717, 1.165) is 5.56 Å². The molecule has 0 bridgehead atoms.